The van der Waals surface area contributed by atoms with Gasteiger partial charge in [0.05, 0.1) is 11.9 Å². The Kier molecular flexibility index (Phi) is 5.33. The van der Waals surface area contributed by atoms with Crippen LogP contribution in [0.2, 0.25) is 0 Å². The monoisotopic (exact) mass is 395 g/mol. The highest BCUT2D eigenvalue weighted by Gasteiger charge is 2.23. The first-order valence-corrected chi connectivity index (χ1v) is 9.24. The van der Waals surface area contributed by atoms with Gasteiger partial charge < -0.3 is 15.1 Å². The quantitative estimate of drug-likeness (QED) is 0.733. The summed E-state index contributed by atoms with van der Waals surface area (Å²) in [5.74, 6) is -0.672. The van der Waals surface area contributed by atoms with E-state index in [1.807, 2.05) is 18.2 Å². The molecule has 1 aliphatic rings. The summed E-state index contributed by atoms with van der Waals surface area (Å²) in [5, 5.41) is 2.66. The predicted octanol–water partition coefficient (Wildman–Crippen LogP) is 3.46. The molecule has 148 valence electrons. The van der Waals surface area contributed by atoms with Gasteiger partial charge in [-0.15, -0.1) is 0 Å². The maximum Gasteiger partial charge on any atom is 0.272 e. The van der Waals surface area contributed by atoms with Gasteiger partial charge in [0.2, 0.25) is 0 Å². The number of hydrogen-bond donors (Lipinski definition) is 1. The Morgan fingerprint density at radius 1 is 0.897 bits per heavy atom. The molecular weight excluding hydrogens is 376 g/mol. The van der Waals surface area contributed by atoms with Crippen LogP contribution in [0, 0.1) is 11.6 Å². The summed E-state index contributed by atoms with van der Waals surface area (Å²) in [5.41, 5.74) is 0.431. The molecule has 1 N–H and O–H groups in total. The average Bonchev–Trinajstić information content (AvgIpc) is 2.77. The van der Waals surface area contributed by atoms with E-state index >= 15 is 0 Å². The Balaban J connectivity index is 1.39. The first-order chi connectivity index (χ1) is 14.1. The number of pyridine rings is 2. The van der Waals surface area contributed by atoms with E-state index in [0.29, 0.717) is 31.9 Å². The summed E-state index contributed by atoms with van der Waals surface area (Å²) < 4.78 is 27.5. The number of nitrogens with one attached hydrogen (secondary N) is 1. The number of carbonyl (C=O) groups excluding carboxylic acids is 1. The van der Waals surface area contributed by atoms with Crippen LogP contribution in [-0.4, -0.2) is 47.0 Å². The van der Waals surface area contributed by atoms with E-state index in [4.69, 9.17) is 0 Å². The van der Waals surface area contributed by atoms with Crippen LogP contribution in [0.4, 0.5) is 26.0 Å². The zero-order chi connectivity index (χ0) is 20.2. The van der Waals surface area contributed by atoms with E-state index in [2.05, 4.69) is 20.2 Å². The lowest BCUT2D eigenvalue weighted by Gasteiger charge is -2.35. The first-order valence-electron chi connectivity index (χ1n) is 9.24. The van der Waals surface area contributed by atoms with Crippen molar-refractivity contribution in [3.05, 3.63) is 78.3 Å². The van der Waals surface area contributed by atoms with Crippen molar-refractivity contribution < 1.29 is 13.6 Å². The lowest BCUT2D eigenvalue weighted by atomic mass is 10.2. The molecular formula is C21H19F2N5O. The normalized spacial score (nSPS) is 14.0. The molecule has 1 aromatic carbocycles. The Morgan fingerprint density at radius 2 is 1.66 bits per heavy atom. The minimum atomic E-state index is -0.698. The van der Waals surface area contributed by atoms with Gasteiger partial charge in [-0.25, -0.2) is 18.7 Å². The van der Waals surface area contributed by atoms with E-state index in [1.54, 1.807) is 23.2 Å². The number of halogens is 2. The van der Waals surface area contributed by atoms with Gasteiger partial charge in [-0.05, 0) is 36.4 Å². The standard InChI is InChI=1S/C21H19F2N5O/c22-16-4-3-5-17(23)20(16)26-15-7-8-18(25-14-15)21(29)28-12-10-27(11-13-28)19-6-1-2-9-24-19/h1-9,14,26H,10-13H2. The van der Waals surface area contributed by atoms with Gasteiger partial charge in [0.1, 0.15) is 28.8 Å². The van der Waals surface area contributed by atoms with Crippen LogP contribution in [0.15, 0.2) is 60.9 Å². The summed E-state index contributed by atoms with van der Waals surface area (Å²) in [6, 6.07) is 12.5. The fraction of sp³-hybridized carbons (Fsp3) is 0.190. The molecule has 4 rings (SSSR count). The Labute approximate surface area is 166 Å². The molecule has 0 atom stereocenters. The molecule has 0 unspecified atom stereocenters. The fourth-order valence-electron chi connectivity index (χ4n) is 3.20. The predicted molar refractivity (Wildman–Crippen MR) is 106 cm³/mol. The smallest absolute Gasteiger partial charge is 0.272 e. The van der Waals surface area contributed by atoms with Crippen molar-refractivity contribution in [2.75, 3.05) is 36.4 Å². The first kappa shape index (κ1) is 18.8. The summed E-state index contributed by atoms with van der Waals surface area (Å²) in [4.78, 5) is 25.1. The SMILES string of the molecule is O=C(c1ccc(Nc2c(F)cccc2F)cn1)N1CCN(c2ccccn2)CC1. The topological polar surface area (TPSA) is 61.4 Å². The third-order valence-corrected chi connectivity index (χ3v) is 4.75. The highest BCUT2D eigenvalue weighted by molar-refractivity contribution is 5.92. The van der Waals surface area contributed by atoms with Gasteiger partial charge in [-0.1, -0.05) is 12.1 Å². The van der Waals surface area contributed by atoms with Gasteiger partial charge in [0.25, 0.3) is 5.91 Å². The molecule has 1 fully saturated rings. The van der Waals surface area contributed by atoms with Crippen LogP contribution < -0.4 is 10.2 Å². The van der Waals surface area contributed by atoms with Gasteiger partial charge in [-0.2, -0.15) is 0 Å². The number of benzene rings is 1. The number of para-hydroxylation sites is 1. The van der Waals surface area contributed by atoms with Crippen molar-refractivity contribution in [3.8, 4) is 0 Å². The number of aromatic nitrogens is 2. The van der Waals surface area contributed by atoms with Crippen molar-refractivity contribution in [2.24, 2.45) is 0 Å². The molecule has 0 radical (unpaired) electrons. The third-order valence-electron chi connectivity index (χ3n) is 4.75. The molecule has 0 bridgehead atoms. The minimum absolute atomic E-state index is 0.172. The zero-order valence-corrected chi connectivity index (χ0v) is 15.6. The van der Waals surface area contributed by atoms with Crippen LogP contribution >= 0.6 is 0 Å². The van der Waals surface area contributed by atoms with Crippen LogP contribution in [0.1, 0.15) is 10.5 Å². The molecule has 3 aromatic rings. The highest BCUT2D eigenvalue weighted by atomic mass is 19.1. The maximum atomic E-state index is 13.7. The third kappa shape index (κ3) is 4.16. The Bertz CT molecular complexity index is 969. The second-order valence-electron chi connectivity index (χ2n) is 6.62. The molecule has 3 heterocycles. The molecule has 29 heavy (non-hydrogen) atoms. The van der Waals surface area contributed by atoms with Crippen LogP contribution in [0.3, 0.4) is 0 Å². The zero-order valence-electron chi connectivity index (χ0n) is 15.6. The molecule has 0 aliphatic carbocycles. The highest BCUT2D eigenvalue weighted by Crippen LogP contribution is 2.23. The van der Waals surface area contributed by atoms with Crippen molar-refractivity contribution in [1.29, 1.82) is 0 Å². The van der Waals surface area contributed by atoms with E-state index in [9.17, 15) is 13.6 Å². The number of anilines is 3. The molecule has 2 aromatic heterocycles. The Morgan fingerprint density at radius 3 is 2.28 bits per heavy atom. The van der Waals surface area contributed by atoms with E-state index < -0.39 is 11.6 Å². The van der Waals surface area contributed by atoms with Crippen molar-refractivity contribution in [1.82, 2.24) is 14.9 Å². The van der Waals surface area contributed by atoms with Crippen LogP contribution in [0.25, 0.3) is 0 Å². The molecule has 0 spiro atoms. The van der Waals surface area contributed by atoms with Crippen molar-refractivity contribution >= 4 is 23.1 Å². The number of nitrogens with zero attached hydrogens (tertiary/aromatic N) is 4. The van der Waals surface area contributed by atoms with Gasteiger partial charge in [0.15, 0.2) is 0 Å². The maximum absolute atomic E-state index is 13.7. The molecule has 1 aliphatic heterocycles. The number of hydrogen-bond acceptors (Lipinski definition) is 5. The largest absolute Gasteiger partial charge is 0.353 e. The van der Waals surface area contributed by atoms with Crippen molar-refractivity contribution in [3.63, 3.8) is 0 Å². The van der Waals surface area contributed by atoms with Gasteiger partial charge in [-0.3, -0.25) is 4.79 Å². The second kappa shape index (κ2) is 8.22. The summed E-state index contributed by atoms with van der Waals surface area (Å²) in [6.45, 7) is 2.51. The van der Waals surface area contributed by atoms with Crippen LogP contribution in [0.5, 0.6) is 0 Å². The second-order valence-corrected chi connectivity index (χ2v) is 6.62. The number of piperazine rings is 1. The minimum Gasteiger partial charge on any atom is -0.353 e. The van der Waals surface area contributed by atoms with E-state index in [0.717, 1.165) is 5.82 Å². The summed E-state index contributed by atoms with van der Waals surface area (Å²) in [7, 11) is 0. The van der Waals surface area contributed by atoms with Gasteiger partial charge >= 0.3 is 0 Å². The average molecular weight is 395 g/mol. The van der Waals surface area contributed by atoms with Crippen LogP contribution in [-0.2, 0) is 0 Å². The molecule has 1 amide bonds. The molecule has 0 saturated carbocycles. The summed E-state index contributed by atoms with van der Waals surface area (Å²) in [6.07, 6.45) is 3.14. The lowest BCUT2D eigenvalue weighted by Crippen LogP contribution is -2.49. The van der Waals surface area contributed by atoms with Gasteiger partial charge in [0, 0.05) is 32.4 Å². The van der Waals surface area contributed by atoms with Crippen molar-refractivity contribution in [2.45, 2.75) is 0 Å². The summed E-state index contributed by atoms with van der Waals surface area (Å²) >= 11 is 0. The number of carbonyl (C=O) groups is 1. The molecule has 6 nitrogen and oxygen atoms in total. The number of amides is 1. The van der Waals surface area contributed by atoms with E-state index in [-0.39, 0.29) is 17.3 Å². The fourth-order valence-corrected chi connectivity index (χ4v) is 3.20. The molecule has 1 saturated heterocycles. The Hall–Kier alpha value is -3.55. The van der Waals surface area contributed by atoms with E-state index in [1.165, 1.54) is 24.4 Å². The lowest BCUT2D eigenvalue weighted by molar-refractivity contribution is 0.0740. The number of rotatable bonds is 4. The molecule has 8 heteroatoms.